The summed E-state index contributed by atoms with van der Waals surface area (Å²) in [7, 11) is 0. The van der Waals surface area contributed by atoms with Gasteiger partial charge in [0.15, 0.2) is 5.82 Å². The summed E-state index contributed by atoms with van der Waals surface area (Å²) in [5.74, 6) is 2.30. The maximum Gasteiger partial charge on any atom is 0.164 e. The highest BCUT2D eigenvalue weighted by atomic mass is 15.3. The molecule has 0 bridgehead atoms. The number of hydrogen-bond acceptors (Lipinski definition) is 3. The summed E-state index contributed by atoms with van der Waals surface area (Å²) in [5, 5.41) is 8.69. The Morgan fingerprint density at radius 3 is 2.38 bits per heavy atom. The molecule has 2 N–H and O–H groups in total. The predicted molar refractivity (Wildman–Crippen MR) is 86.9 cm³/mol. The molecule has 114 valence electrons. The molecule has 0 saturated heterocycles. The molecule has 0 fully saturated rings. The summed E-state index contributed by atoms with van der Waals surface area (Å²) >= 11 is 0. The van der Waals surface area contributed by atoms with Gasteiger partial charge < -0.3 is 10.3 Å². The Morgan fingerprint density at radius 1 is 1.14 bits per heavy atom. The van der Waals surface area contributed by atoms with Crippen LogP contribution < -0.4 is 5.73 Å². The van der Waals surface area contributed by atoms with Gasteiger partial charge in [0.2, 0.25) is 0 Å². The van der Waals surface area contributed by atoms with Crippen molar-refractivity contribution in [1.82, 2.24) is 14.8 Å². The number of nitrogens with zero attached hydrogens (tertiary/aromatic N) is 3. The van der Waals surface area contributed by atoms with Gasteiger partial charge in [0.05, 0.1) is 6.54 Å². The van der Waals surface area contributed by atoms with Crippen molar-refractivity contribution in [3.8, 4) is 11.4 Å². The average Bonchev–Trinajstić information content (AvgIpc) is 2.79. The van der Waals surface area contributed by atoms with E-state index in [4.69, 9.17) is 5.73 Å². The van der Waals surface area contributed by atoms with Crippen LogP contribution in [0.2, 0.25) is 0 Å². The predicted octanol–water partition coefficient (Wildman–Crippen LogP) is 3.36. The molecule has 0 radical (unpaired) electrons. The first-order chi connectivity index (χ1) is 9.84. The lowest BCUT2D eigenvalue weighted by Crippen LogP contribution is -2.16. The highest BCUT2D eigenvalue weighted by molar-refractivity contribution is 5.62. The summed E-state index contributed by atoms with van der Waals surface area (Å²) in [6.45, 7) is 12.3. The van der Waals surface area contributed by atoms with Crippen LogP contribution in [0, 0.1) is 5.92 Å². The molecule has 4 heteroatoms. The zero-order chi connectivity index (χ0) is 15.6. The van der Waals surface area contributed by atoms with Gasteiger partial charge in [0.25, 0.3) is 0 Å². The van der Waals surface area contributed by atoms with Crippen molar-refractivity contribution in [3.63, 3.8) is 0 Å². The highest BCUT2D eigenvalue weighted by Crippen LogP contribution is 2.32. The van der Waals surface area contributed by atoms with E-state index >= 15 is 0 Å². The van der Waals surface area contributed by atoms with Crippen LogP contribution in [0.3, 0.4) is 0 Å². The molecule has 21 heavy (non-hydrogen) atoms. The first-order valence-corrected chi connectivity index (χ1v) is 7.56. The lowest BCUT2D eigenvalue weighted by atomic mass is 9.83. The van der Waals surface area contributed by atoms with Gasteiger partial charge in [-0.15, -0.1) is 10.2 Å². The summed E-state index contributed by atoms with van der Waals surface area (Å²) in [6, 6.07) is 8.44. The average molecular weight is 286 g/mol. The van der Waals surface area contributed by atoms with Crippen LogP contribution in [0.4, 0.5) is 0 Å². The molecule has 1 heterocycles. The first kappa shape index (κ1) is 15.7. The maximum atomic E-state index is 5.82. The van der Waals surface area contributed by atoms with Gasteiger partial charge in [-0.2, -0.15) is 0 Å². The third-order valence-electron chi connectivity index (χ3n) is 3.53. The fraction of sp³-hybridized carbons (Fsp3) is 0.529. The third kappa shape index (κ3) is 3.32. The van der Waals surface area contributed by atoms with Crippen LogP contribution in [0.1, 0.15) is 46.0 Å². The molecular weight excluding hydrogens is 260 g/mol. The molecule has 1 aromatic carbocycles. The molecule has 0 aliphatic carbocycles. The number of nitrogens with two attached hydrogens (primary N) is 1. The first-order valence-electron chi connectivity index (χ1n) is 7.56. The van der Waals surface area contributed by atoms with Gasteiger partial charge >= 0.3 is 0 Å². The normalized spacial score (nSPS) is 12.1. The third-order valence-corrected chi connectivity index (χ3v) is 3.53. The van der Waals surface area contributed by atoms with E-state index in [0.29, 0.717) is 12.5 Å². The Morgan fingerprint density at radius 2 is 1.81 bits per heavy atom. The molecule has 4 nitrogen and oxygen atoms in total. The van der Waals surface area contributed by atoms with E-state index in [1.807, 2.05) is 0 Å². The van der Waals surface area contributed by atoms with Crippen molar-refractivity contribution >= 4 is 0 Å². The van der Waals surface area contributed by atoms with E-state index in [2.05, 4.69) is 73.6 Å². The van der Waals surface area contributed by atoms with Crippen molar-refractivity contribution < 1.29 is 0 Å². The number of aromatic nitrogens is 3. The van der Waals surface area contributed by atoms with Crippen LogP contribution in [0.25, 0.3) is 11.4 Å². The van der Waals surface area contributed by atoms with E-state index in [1.54, 1.807) is 0 Å². The SMILES string of the molecule is CC(C)Cn1c(CN)nnc1-c1ccccc1C(C)(C)C. The Labute approximate surface area is 127 Å². The van der Waals surface area contributed by atoms with E-state index in [1.165, 1.54) is 5.56 Å². The van der Waals surface area contributed by atoms with Crippen LogP contribution in [-0.2, 0) is 18.5 Å². The molecule has 2 aromatic rings. The van der Waals surface area contributed by atoms with Crippen LogP contribution in [0.5, 0.6) is 0 Å². The number of benzene rings is 1. The molecule has 0 aliphatic rings. The van der Waals surface area contributed by atoms with E-state index in [0.717, 1.165) is 23.8 Å². The van der Waals surface area contributed by atoms with Gasteiger partial charge in [-0.05, 0) is 16.9 Å². The fourth-order valence-corrected chi connectivity index (χ4v) is 2.57. The fourth-order valence-electron chi connectivity index (χ4n) is 2.57. The Kier molecular flexibility index (Phi) is 4.47. The Balaban J connectivity index is 2.60. The van der Waals surface area contributed by atoms with E-state index in [9.17, 15) is 0 Å². The van der Waals surface area contributed by atoms with Gasteiger partial charge in [-0.25, -0.2) is 0 Å². The van der Waals surface area contributed by atoms with E-state index in [-0.39, 0.29) is 5.41 Å². The molecule has 0 spiro atoms. The molecule has 0 unspecified atom stereocenters. The van der Waals surface area contributed by atoms with Crippen LogP contribution >= 0.6 is 0 Å². The maximum absolute atomic E-state index is 5.82. The summed E-state index contributed by atoms with van der Waals surface area (Å²) < 4.78 is 2.16. The largest absolute Gasteiger partial charge is 0.324 e. The lowest BCUT2D eigenvalue weighted by molar-refractivity contribution is 0.509. The quantitative estimate of drug-likeness (QED) is 0.937. The molecule has 0 amide bonds. The Hall–Kier alpha value is -1.68. The highest BCUT2D eigenvalue weighted by Gasteiger charge is 2.22. The summed E-state index contributed by atoms with van der Waals surface area (Å²) in [4.78, 5) is 0. The molecular formula is C17H26N4. The minimum atomic E-state index is 0.0636. The van der Waals surface area contributed by atoms with Crippen molar-refractivity contribution in [1.29, 1.82) is 0 Å². The van der Waals surface area contributed by atoms with Crippen LogP contribution in [0.15, 0.2) is 24.3 Å². The Bertz CT molecular complexity index is 605. The minimum absolute atomic E-state index is 0.0636. The van der Waals surface area contributed by atoms with E-state index < -0.39 is 0 Å². The van der Waals surface area contributed by atoms with Crippen molar-refractivity contribution in [3.05, 3.63) is 35.7 Å². The monoisotopic (exact) mass is 286 g/mol. The molecule has 0 atom stereocenters. The molecule has 0 aliphatic heterocycles. The molecule has 0 saturated carbocycles. The zero-order valence-electron chi connectivity index (χ0n) is 13.7. The second-order valence-corrected chi connectivity index (χ2v) is 6.94. The van der Waals surface area contributed by atoms with Crippen molar-refractivity contribution in [2.75, 3.05) is 0 Å². The lowest BCUT2D eigenvalue weighted by Gasteiger charge is -2.23. The van der Waals surface area contributed by atoms with Gasteiger partial charge in [-0.3, -0.25) is 0 Å². The summed E-state index contributed by atoms with van der Waals surface area (Å²) in [6.07, 6.45) is 0. The van der Waals surface area contributed by atoms with Gasteiger partial charge in [0.1, 0.15) is 5.82 Å². The van der Waals surface area contributed by atoms with Gasteiger partial charge in [-0.1, -0.05) is 58.9 Å². The number of hydrogen-bond donors (Lipinski definition) is 1. The van der Waals surface area contributed by atoms with Crippen molar-refractivity contribution in [2.24, 2.45) is 11.7 Å². The standard InChI is InChI=1S/C17H26N4/c1-12(2)11-21-15(10-18)19-20-16(21)13-8-6-7-9-14(13)17(3,4)5/h6-9,12H,10-11,18H2,1-5H3. The van der Waals surface area contributed by atoms with Crippen molar-refractivity contribution in [2.45, 2.75) is 53.1 Å². The number of rotatable bonds is 4. The summed E-state index contributed by atoms with van der Waals surface area (Å²) in [5.41, 5.74) is 8.32. The van der Waals surface area contributed by atoms with Gasteiger partial charge in [0, 0.05) is 12.1 Å². The topological polar surface area (TPSA) is 56.7 Å². The van der Waals surface area contributed by atoms with Crippen LogP contribution in [-0.4, -0.2) is 14.8 Å². The second-order valence-electron chi connectivity index (χ2n) is 6.94. The second kappa shape index (κ2) is 5.98. The zero-order valence-corrected chi connectivity index (χ0v) is 13.7. The molecule has 2 rings (SSSR count). The molecule has 1 aromatic heterocycles. The smallest absolute Gasteiger partial charge is 0.164 e. The minimum Gasteiger partial charge on any atom is -0.324 e.